The normalized spacial score (nSPS) is 20.6. The quantitative estimate of drug-likeness (QED) is 0.408. The number of allylic oxidation sites excluding steroid dienone is 2. The molecule has 0 amide bonds. The molecule has 28 valence electrons. The fourth-order valence-corrected chi connectivity index (χ4v) is 0.253. The van der Waals surface area contributed by atoms with Gasteiger partial charge >= 0.3 is 0 Å². The van der Waals surface area contributed by atoms with Crippen LogP contribution in [0.3, 0.4) is 0 Å². The molecular formula is C4H5F. The second-order valence-electron chi connectivity index (χ2n) is 1.19. The molecule has 0 aromatic heterocycles. The Labute approximate surface area is 30.3 Å². The summed E-state index contributed by atoms with van der Waals surface area (Å²) >= 11 is 0. The average Bonchev–Trinajstić information content (AvgIpc) is 1.30. The Morgan fingerprint density at radius 1 is 1.80 bits per heavy atom. The summed E-state index contributed by atoms with van der Waals surface area (Å²) in [5.41, 5.74) is 0. The maximum Gasteiger partial charge on any atom is 0.0963 e. The van der Waals surface area contributed by atoms with Gasteiger partial charge < -0.3 is 0 Å². The Morgan fingerprint density at radius 2 is 2.20 bits per heavy atom. The van der Waals surface area contributed by atoms with Crippen molar-refractivity contribution in [1.82, 2.24) is 0 Å². The van der Waals surface area contributed by atoms with Gasteiger partial charge in [0.25, 0.3) is 0 Å². The monoisotopic (exact) mass is 72.0 g/mol. The topological polar surface area (TPSA) is 0 Å². The van der Waals surface area contributed by atoms with E-state index in [2.05, 4.69) is 0 Å². The lowest BCUT2D eigenvalue weighted by molar-refractivity contribution is 0.547. The molecule has 0 saturated carbocycles. The molecule has 0 saturated heterocycles. The Morgan fingerprint density at radius 3 is 2.20 bits per heavy atom. The zero-order chi connectivity index (χ0) is 3.70. The van der Waals surface area contributed by atoms with Crippen LogP contribution in [0.25, 0.3) is 0 Å². The zero-order valence-electron chi connectivity index (χ0n) is 2.87. The van der Waals surface area contributed by atoms with E-state index in [4.69, 9.17) is 0 Å². The lowest BCUT2D eigenvalue weighted by Gasteiger charge is -2.00. The van der Waals surface area contributed by atoms with E-state index in [1.807, 2.05) is 0 Å². The van der Waals surface area contributed by atoms with Crippen molar-refractivity contribution in [1.29, 1.82) is 0 Å². The van der Waals surface area contributed by atoms with E-state index in [-0.39, 0.29) is 5.83 Å². The molecule has 0 atom stereocenters. The van der Waals surface area contributed by atoms with Gasteiger partial charge in [-0.3, -0.25) is 0 Å². The molecule has 0 nitrogen and oxygen atoms in total. The van der Waals surface area contributed by atoms with E-state index < -0.39 is 0 Å². The summed E-state index contributed by atoms with van der Waals surface area (Å²) < 4.78 is 11.4. The van der Waals surface area contributed by atoms with E-state index in [0.717, 1.165) is 6.42 Å². The fraction of sp³-hybridized carbons (Fsp3) is 0.500. The minimum absolute atomic E-state index is 0.0602. The molecule has 0 aromatic rings. The van der Waals surface area contributed by atoms with Crippen molar-refractivity contribution in [2.75, 3.05) is 0 Å². The van der Waals surface area contributed by atoms with Crippen molar-refractivity contribution in [2.24, 2.45) is 0 Å². The average molecular weight is 72.1 g/mol. The molecule has 0 aliphatic heterocycles. The van der Waals surface area contributed by atoms with Gasteiger partial charge in [0.15, 0.2) is 0 Å². The van der Waals surface area contributed by atoms with Crippen molar-refractivity contribution >= 4 is 0 Å². The summed E-state index contributed by atoms with van der Waals surface area (Å²) in [5.74, 6) is 0.0602. The van der Waals surface area contributed by atoms with Crippen LogP contribution in [0.2, 0.25) is 0 Å². The van der Waals surface area contributed by atoms with Gasteiger partial charge in [0.05, 0.1) is 5.83 Å². The Hall–Kier alpha value is -0.330. The van der Waals surface area contributed by atoms with Gasteiger partial charge in [0, 0.05) is 6.42 Å². The molecule has 0 N–H and O–H groups in total. The SMILES string of the molecule is FC1=CCC1. The van der Waals surface area contributed by atoms with Crippen LogP contribution < -0.4 is 0 Å². The first-order valence-electron chi connectivity index (χ1n) is 1.74. The van der Waals surface area contributed by atoms with E-state index in [0.29, 0.717) is 6.42 Å². The van der Waals surface area contributed by atoms with Gasteiger partial charge in [-0.05, 0) is 6.42 Å². The third-order valence-electron chi connectivity index (χ3n) is 0.749. The first-order valence-corrected chi connectivity index (χ1v) is 1.74. The molecule has 0 radical (unpaired) electrons. The maximum atomic E-state index is 11.4. The lowest BCUT2D eigenvalue weighted by atomic mass is 10.1. The predicted octanol–water partition coefficient (Wildman–Crippen LogP) is 1.63. The number of rotatable bonds is 0. The highest BCUT2D eigenvalue weighted by molar-refractivity contribution is 5.02. The van der Waals surface area contributed by atoms with Crippen molar-refractivity contribution < 1.29 is 4.39 Å². The van der Waals surface area contributed by atoms with Crippen LogP contribution >= 0.6 is 0 Å². The molecule has 5 heavy (non-hydrogen) atoms. The van der Waals surface area contributed by atoms with E-state index in [1.165, 1.54) is 0 Å². The Balaban J connectivity index is 2.51. The van der Waals surface area contributed by atoms with Crippen LogP contribution in [-0.4, -0.2) is 0 Å². The third-order valence-corrected chi connectivity index (χ3v) is 0.749. The van der Waals surface area contributed by atoms with Crippen molar-refractivity contribution in [3.8, 4) is 0 Å². The summed E-state index contributed by atoms with van der Waals surface area (Å²) in [5, 5.41) is 0. The summed E-state index contributed by atoms with van der Waals surface area (Å²) in [4.78, 5) is 0. The van der Waals surface area contributed by atoms with Gasteiger partial charge in [-0.2, -0.15) is 0 Å². The molecule has 1 aliphatic rings. The van der Waals surface area contributed by atoms with E-state index in [1.54, 1.807) is 6.08 Å². The highest BCUT2D eigenvalue weighted by atomic mass is 19.1. The first-order chi connectivity index (χ1) is 2.39. The van der Waals surface area contributed by atoms with Crippen molar-refractivity contribution in [3.05, 3.63) is 11.9 Å². The van der Waals surface area contributed by atoms with Crippen LogP contribution in [0.5, 0.6) is 0 Å². The largest absolute Gasteiger partial charge is 0.212 e. The van der Waals surface area contributed by atoms with Gasteiger partial charge in [-0.25, -0.2) is 4.39 Å². The van der Waals surface area contributed by atoms with Crippen LogP contribution in [0.15, 0.2) is 11.9 Å². The van der Waals surface area contributed by atoms with Crippen LogP contribution in [0, 0.1) is 0 Å². The first kappa shape index (κ1) is 2.88. The van der Waals surface area contributed by atoms with Crippen LogP contribution in [-0.2, 0) is 0 Å². The maximum absolute atomic E-state index is 11.4. The highest BCUT2D eigenvalue weighted by Crippen LogP contribution is 2.17. The molecule has 1 rings (SSSR count). The third kappa shape index (κ3) is 0.318. The smallest absolute Gasteiger partial charge is 0.0963 e. The molecule has 0 fully saturated rings. The summed E-state index contributed by atoms with van der Waals surface area (Å²) in [7, 11) is 0. The Bertz CT molecular complexity index is 64.0. The second-order valence-corrected chi connectivity index (χ2v) is 1.19. The van der Waals surface area contributed by atoms with E-state index >= 15 is 0 Å². The zero-order valence-corrected chi connectivity index (χ0v) is 2.87. The van der Waals surface area contributed by atoms with E-state index in [9.17, 15) is 4.39 Å². The highest BCUT2D eigenvalue weighted by Gasteiger charge is 2.00. The van der Waals surface area contributed by atoms with Crippen molar-refractivity contribution in [3.63, 3.8) is 0 Å². The fourth-order valence-electron chi connectivity index (χ4n) is 0.253. The lowest BCUT2D eigenvalue weighted by Crippen LogP contribution is -1.83. The summed E-state index contributed by atoms with van der Waals surface area (Å²) in [6.07, 6.45) is 3.23. The number of hydrogen-bond donors (Lipinski definition) is 0. The van der Waals surface area contributed by atoms with Gasteiger partial charge in [0.2, 0.25) is 0 Å². The van der Waals surface area contributed by atoms with Gasteiger partial charge in [-0.1, -0.05) is 6.08 Å². The van der Waals surface area contributed by atoms with Gasteiger partial charge in [-0.15, -0.1) is 0 Å². The minimum Gasteiger partial charge on any atom is -0.212 e. The molecular weight excluding hydrogens is 67.0 g/mol. The van der Waals surface area contributed by atoms with Crippen LogP contribution in [0.4, 0.5) is 4.39 Å². The van der Waals surface area contributed by atoms with Gasteiger partial charge in [0.1, 0.15) is 0 Å². The molecule has 0 spiro atoms. The Kier molecular flexibility index (Phi) is 0.469. The standard InChI is InChI=1S/C4H5F/c5-4-2-1-3-4/h2H,1,3H2. The predicted molar refractivity (Wildman–Crippen MR) is 18.4 cm³/mol. The minimum atomic E-state index is 0.0602. The molecule has 0 unspecified atom stereocenters. The summed E-state index contributed by atoms with van der Waals surface area (Å²) in [6.45, 7) is 0. The molecule has 1 aliphatic carbocycles. The summed E-state index contributed by atoms with van der Waals surface area (Å²) in [6, 6.07) is 0. The second kappa shape index (κ2) is 0.814. The van der Waals surface area contributed by atoms with Crippen molar-refractivity contribution in [2.45, 2.75) is 12.8 Å². The molecule has 1 heteroatoms. The number of halogens is 1. The molecule has 0 bridgehead atoms. The molecule has 0 heterocycles. The molecule has 0 aromatic carbocycles. The van der Waals surface area contributed by atoms with Crippen LogP contribution in [0.1, 0.15) is 12.8 Å². The number of hydrogen-bond acceptors (Lipinski definition) is 0.